The Bertz CT molecular complexity index is 1080. The van der Waals surface area contributed by atoms with E-state index in [1.54, 1.807) is 24.3 Å². The van der Waals surface area contributed by atoms with Crippen molar-refractivity contribution in [3.8, 4) is 5.75 Å². The number of methoxy groups -OCH3 is 1. The zero-order valence-corrected chi connectivity index (χ0v) is 19.7. The normalized spacial score (nSPS) is 19.4. The van der Waals surface area contributed by atoms with E-state index >= 15 is 0 Å². The van der Waals surface area contributed by atoms with Crippen LogP contribution in [0.2, 0.25) is 0 Å². The Morgan fingerprint density at radius 2 is 1.82 bits per heavy atom. The lowest BCUT2D eigenvalue weighted by molar-refractivity contribution is 0.0697. The summed E-state index contributed by atoms with van der Waals surface area (Å²) in [4.78, 5) is 16.8. The molecule has 4 rings (SSSR count). The first kappa shape index (κ1) is 23.4. The average Bonchev–Trinajstić information content (AvgIpc) is 3.32. The van der Waals surface area contributed by atoms with Crippen molar-refractivity contribution in [2.45, 2.75) is 30.6 Å². The van der Waals surface area contributed by atoms with E-state index in [2.05, 4.69) is 14.5 Å². The van der Waals surface area contributed by atoms with E-state index in [1.165, 1.54) is 38.2 Å². The second kappa shape index (κ2) is 10.0. The summed E-state index contributed by atoms with van der Waals surface area (Å²) in [6.45, 7) is 4.97. The number of aromatic carboxylic acids is 1. The SMILES string of the molecule is COc1ccc(S(=O)(=O)Nc2ccc(N3CCC[C@H](CN4CCCC4)C3)c(C(=O)O)c2)cc1. The maximum absolute atomic E-state index is 12.8. The Morgan fingerprint density at radius 3 is 2.48 bits per heavy atom. The first-order chi connectivity index (χ1) is 15.9. The highest BCUT2D eigenvalue weighted by atomic mass is 32.2. The molecule has 0 saturated carbocycles. The molecule has 8 nitrogen and oxygen atoms in total. The van der Waals surface area contributed by atoms with Crippen LogP contribution in [0.4, 0.5) is 11.4 Å². The first-order valence-electron chi connectivity index (χ1n) is 11.4. The molecular weight excluding hydrogens is 442 g/mol. The summed E-state index contributed by atoms with van der Waals surface area (Å²) < 4.78 is 33.1. The molecule has 0 spiro atoms. The van der Waals surface area contributed by atoms with Gasteiger partial charge in [0.15, 0.2) is 0 Å². The van der Waals surface area contributed by atoms with Gasteiger partial charge in [-0.15, -0.1) is 0 Å². The Balaban J connectivity index is 1.51. The molecule has 2 aromatic rings. The van der Waals surface area contributed by atoms with Crippen LogP contribution in [-0.2, 0) is 10.0 Å². The monoisotopic (exact) mass is 473 g/mol. The molecule has 9 heteroatoms. The number of sulfonamides is 1. The van der Waals surface area contributed by atoms with Crippen LogP contribution in [0.25, 0.3) is 0 Å². The maximum atomic E-state index is 12.8. The van der Waals surface area contributed by atoms with Gasteiger partial charge in [-0.05, 0) is 87.2 Å². The van der Waals surface area contributed by atoms with E-state index in [4.69, 9.17) is 4.74 Å². The Hall–Kier alpha value is -2.78. The fourth-order valence-electron chi connectivity index (χ4n) is 4.78. The number of anilines is 2. The quantitative estimate of drug-likeness (QED) is 0.605. The van der Waals surface area contributed by atoms with Crippen LogP contribution in [0.1, 0.15) is 36.0 Å². The molecule has 0 aliphatic carbocycles. The molecule has 2 heterocycles. The van der Waals surface area contributed by atoms with E-state index in [1.807, 2.05) is 0 Å². The van der Waals surface area contributed by atoms with E-state index in [0.29, 0.717) is 17.4 Å². The average molecular weight is 474 g/mol. The van der Waals surface area contributed by atoms with Crippen LogP contribution < -0.4 is 14.4 Å². The van der Waals surface area contributed by atoms with Gasteiger partial charge in [-0.25, -0.2) is 13.2 Å². The van der Waals surface area contributed by atoms with Gasteiger partial charge in [-0.2, -0.15) is 0 Å². The summed E-state index contributed by atoms with van der Waals surface area (Å²) in [6, 6.07) is 10.8. The zero-order valence-electron chi connectivity index (χ0n) is 18.9. The molecule has 0 amide bonds. The van der Waals surface area contributed by atoms with Gasteiger partial charge < -0.3 is 19.6 Å². The molecule has 0 aromatic heterocycles. The number of carboxylic acid groups (broad SMARTS) is 1. The molecule has 2 fully saturated rings. The highest BCUT2D eigenvalue weighted by Crippen LogP contribution is 2.30. The van der Waals surface area contributed by atoms with Crippen LogP contribution in [0.3, 0.4) is 0 Å². The van der Waals surface area contributed by atoms with Crippen LogP contribution in [0.15, 0.2) is 47.4 Å². The second-order valence-electron chi connectivity index (χ2n) is 8.78. The van der Waals surface area contributed by atoms with Gasteiger partial charge in [0.2, 0.25) is 0 Å². The second-order valence-corrected chi connectivity index (χ2v) is 10.5. The summed E-state index contributed by atoms with van der Waals surface area (Å²) in [5, 5.41) is 9.86. The fourth-order valence-corrected chi connectivity index (χ4v) is 5.83. The van der Waals surface area contributed by atoms with E-state index < -0.39 is 16.0 Å². The molecule has 2 aliphatic rings. The van der Waals surface area contributed by atoms with Crippen LogP contribution >= 0.6 is 0 Å². The summed E-state index contributed by atoms with van der Waals surface area (Å²) in [5.74, 6) is -0.0139. The Kier molecular flexibility index (Phi) is 7.09. The third-order valence-electron chi connectivity index (χ3n) is 6.42. The van der Waals surface area contributed by atoms with Crippen LogP contribution in [0.5, 0.6) is 5.75 Å². The van der Waals surface area contributed by atoms with E-state index in [-0.39, 0.29) is 16.1 Å². The number of hydrogen-bond donors (Lipinski definition) is 2. The topological polar surface area (TPSA) is 99.2 Å². The molecule has 2 aliphatic heterocycles. The lowest BCUT2D eigenvalue weighted by atomic mass is 9.96. The minimum absolute atomic E-state index is 0.0741. The molecule has 0 bridgehead atoms. The number of carbonyl (C=O) groups is 1. The number of likely N-dealkylation sites (tertiary alicyclic amines) is 1. The minimum atomic E-state index is -3.86. The van der Waals surface area contributed by atoms with Gasteiger partial charge in [0.25, 0.3) is 10.0 Å². The first-order valence-corrected chi connectivity index (χ1v) is 12.9. The van der Waals surface area contributed by atoms with Crippen molar-refractivity contribution in [3.63, 3.8) is 0 Å². The van der Waals surface area contributed by atoms with Gasteiger partial charge in [0.1, 0.15) is 5.75 Å². The number of hydrogen-bond acceptors (Lipinski definition) is 6. The van der Waals surface area contributed by atoms with E-state index in [0.717, 1.165) is 45.6 Å². The van der Waals surface area contributed by atoms with Gasteiger partial charge >= 0.3 is 5.97 Å². The van der Waals surface area contributed by atoms with Crippen molar-refractivity contribution >= 4 is 27.4 Å². The number of nitrogens with zero attached hydrogens (tertiary/aromatic N) is 2. The minimum Gasteiger partial charge on any atom is -0.497 e. The Labute approximate surface area is 195 Å². The van der Waals surface area contributed by atoms with Crippen molar-refractivity contribution in [2.75, 3.05) is 49.5 Å². The molecule has 2 N–H and O–H groups in total. The molecule has 33 heavy (non-hydrogen) atoms. The van der Waals surface area contributed by atoms with Crippen molar-refractivity contribution in [1.82, 2.24) is 4.90 Å². The van der Waals surface area contributed by atoms with Gasteiger partial charge in [-0.3, -0.25) is 4.72 Å². The lowest BCUT2D eigenvalue weighted by Crippen LogP contribution is -2.41. The number of rotatable bonds is 8. The van der Waals surface area contributed by atoms with Crippen molar-refractivity contribution in [2.24, 2.45) is 5.92 Å². The number of ether oxygens (including phenoxy) is 1. The predicted molar refractivity (Wildman–Crippen MR) is 128 cm³/mol. The maximum Gasteiger partial charge on any atom is 0.337 e. The van der Waals surface area contributed by atoms with Gasteiger partial charge in [0, 0.05) is 25.3 Å². The highest BCUT2D eigenvalue weighted by Gasteiger charge is 2.26. The molecular formula is C24H31N3O5S. The summed E-state index contributed by atoms with van der Waals surface area (Å²) in [5.41, 5.74) is 0.963. The molecule has 0 radical (unpaired) electrons. The fraction of sp³-hybridized carbons (Fsp3) is 0.458. The number of benzene rings is 2. The zero-order chi connectivity index (χ0) is 23.4. The summed E-state index contributed by atoms with van der Waals surface area (Å²) in [6.07, 6.45) is 4.68. The molecule has 0 unspecified atom stereocenters. The van der Waals surface area contributed by atoms with Gasteiger partial charge in [0.05, 0.1) is 23.3 Å². The number of nitrogens with one attached hydrogen (secondary N) is 1. The number of carboxylic acids is 1. The Morgan fingerprint density at radius 1 is 1.09 bits per heavy atom. The third-order valence-corrected chi connectivity index (χ3v) is 7.82. The highest BCUT2D eigenvalue weighted by molar-refractivity contribution is 7.92. The van der Waals surface area contributed by atoms with Gasteiger partial charge in [-0.1, -0.05) is 0 Å². The number of piperidine rings is 1. The van der Waals surface area contributed by atoms with Crippen molar-refractivity contribution < 1.29 is 23.1 Å². The van der Waals surface area contributed by atoms with Crippen LogP contribution in [-0.4, -0.2) is 64.2 Å². The third kappa shape index (κ3) is 5.59. The standard InChI is InChI=1S/C24H31N3O5S/c1-32-20-7-9-21(10-8-20)33(30,31)25-19-6-11-23(22(15-19)24(28)29)27-14-4-5-18(17-27)16-26-12-2-3-13-26/h6-11,15,18,25H,2-5,12-14,16-17H2,1H3,(H,28,29)/t18-/m1/s1. The smallest absolute Gasteiger partial charge is 0.337 e. The molecule has 2 aromatic carbocycles. The van der Waals surface area contributed by atoms with E-state index in [9.17, 15) is 18.3 Å². The van der Waals surface area contributed by atoms with Crippen LogP contribution in [0, 0.1) is 5.92 Å². The predicted octanol–water partition coefficient (Wildman–Crippen LogP) is 3.51. The molecule has 1 atom stereocenters. The lowest BCUT2D eigenvalue weighted by Gasteiger charge is -2.36. The molecule has 2 saturated heterocycles. The summed E-state index contributed by atoms with van der Waals surface area (Å²) in [7, 11) is -2.35. The molecule has 178 valence electrons. The van der Waals surface area contributed by atoms with Crippen molar-refractivity contribution in [1.29, 1.82) is 0 Å². The largest absolute Gasteiger partial charge is 0.497 e. The summed E-state index contributed by atoms with van der Waals surface area (Å²) >= 11 is 0. The van der Waals surface area contributed by atoms with Crippen molar-refractivity contribution in [3.05, 3.63) is 48.0 Å².